The van der Waals surface area contributed by atoms with Gasteiger partial charge >= 0.3 is 5.97 Å². The van der Waals surface area contributed by atoms with Crippen molar-refractivity contribution < 1.29 is 24.1 Å². The SMILES string of the molecule is COc1cccc(C(CCc2ccc3c(c2)OCO3)C(=O)O)c1. The van der Waals surface area contributed by atoms with Gasteiger partial charge in [-0.15, -0.1) is 0 Å². The van der Waals surface area contributed by atoms with Crippen molar-refractivity contribution in [1.82, 2.24) is 0 Å². The van der Waals surface area contributed by atoms with Gasteiger partial charge in [-0.3, -0.25) is 4.79 Å². The molecular formula is C18H18O5. The van der Waals surface area contributed by atoms with Crippen LogP contribution < -0.4 is 14.2 Å². The highest BCUT2D eigenvalue weighted by Gasteiger charge is 2.21. The first-order chi connectivity index (χ1) is 11.2. The number of benzene rings is 2. The minimum absolute atomic E-state index is 0.236. The van der Waals surface area contributed by atoms with Gasteiger partial charge in [0.15, 0.2) is 11.5 Å². The van der Waals surface area contributed by atoms with Crippen LogP contribution in [0.1, 0.15) is 23.5 Å². The molecule has 0 saturated carbocycles. The normalized spacial score (nSPS) is 13.6. The van der Waals surface area contributed by atoms with Gasteiger partial charge in [0.05, 0.1) is 13.0 Å². The maximum Gasteiger partial charge on any atom is 0.310 e. The van der Waals surface area contributed by atoms with Gasteiger partial charge in [-0.05, 0) is 48.2 Å². The van der Waals surface area contributed by atoms with Crippen molar-refractivity contribution in [3.63, 3.8) is 0 Å². The molecule has 0 amide bonds. The third-order valence-corrected chi connectivity index (χ3v) is 3.95. The number of methoxy groups -OCH3 is 1. The summed E-state index contributed by atoms with van der Waals surface area (Å²) in [6.45, 7) is 0.236. The van der Waals surface area contributed by atoms with Gasteiger partial charge in [0, 0.05) is 0 Å². The van der Waals surface area contributed by atoms with E-state index in [4.69, 9.17) is 14.2 Å². The quantitative estimate of drug-likeness (QED) is 0.887. The predicted octanol–water partition coefficient (Wildman–Crippen LogP) is 3.22. The summed E-state index contributed by atoms with van der Waals surface area (Å²) in [6, 6.07) is 12.9. The molecule has 120 valence electrons. The van der Waals surface area contributed by atoms with Gasteiger partial charge in [-0.25, -0.2) is 0 Å². The summed E-state index contributed by atoms with van der Waals surface area (Å²) in [7, 11) is 1.57. The predicted molar refractivity (Wildman–Crippen MR) is 84.3 cm³/mol. The summed E-state index contributed by atoms with van der Waals surface area (Å²) in [5, 5.41) is 9.54. The number of carboxylic acid groups (broad SMARTS) is 1. The Kier molecular flexibility index (Phi) is 4.37. The molecule has 1 N–H and O–H groups in total. The van der Waals surface area contributed by atoms with E-state index < -0.39 is 11.9 Å². The molecule has 1 unspecified atom stereocenters. The van der Waals surface area contributed by atoms with E-state index in [1.807, 2.05) is 30.3 Å². The second-order valence-electron chi connectivity index (χ2n) is 5.39. The van der Waals surface area contributed by atoms with E-state index in [9.17, 15) is 9.90 Å². The highest BCUT2D eigenvalue weighted by molar-refractivity contribution is 5.76. The van der Waals surface area contributed by atoms with Crippen molar-refractivity contribution in [2.45, 2.75) is 18.8 Å². The Hall–Kier alpha value is -2.69. The lowest BCUT2D eigenvalue weighted by atomic mass is 9.92. The molecule has 23 heavy (non-hydrogen) atoms. The van der Waals surface area contributed by atoms with E-state index in [1.165, 1.54) is 0 Å². The Bertz CT molecular complexity index is 710. The number of hydrogen-bond acceptors (Lipinski definition) is 4. The molecule has 2 aromatic rings. The Balaban J connectivity index is 1.74. The smallest absolute Gasteiger partial charge is 0.310 e. The zero-order valence-corrected chi connectivity index (χ0v) is 12.8. The first kappa shape index (κ1) is 15.2. The summed E-state index contributed by atoms with van der Waals surface area (Å²) in [6.07, 6.45) is 1.15. The topological polar surface area (TPSA) is 65.0 Å². The number of fused-ring (bicyclic) bond motifs is 1. The van der Waals surface area contributed by atoms with Crippen LogP contribution in [0.5, 0.6) is 17.2 Å². The molecule has 0 aromatic heterocycles. The van der Waals surface area contributed by atoms with E-state index in [-0.39, 0.29) is 6.79 Å². The fraction of sp³-hybridized carbons (Fsp3) is 0.278. The molecule has 2 aromatic carbocycles. The van der Waals surface area contributed by atoms with E-state index in [0.29, 0.717) is 18.6 Å². The van der Waals surface area contributed by atoms with Crippen LogP contribution in [-0.4, -0.2) is 25.0 Å². The van der Waals surface area contributed by atoms with Crippen LogP contribution >= 0.6 is 0 Å². The summed E-state index contributed by atoms with van der Waals surface area (Å²) < 4.78 is 15.8. The number of rotatable bonds is 6. The summed E-state index contributed by atoms with van der Waals surface area (Å²) in [5.74, 6) is 0.707. The van der Waals surface area contributed by atoms with Gasteiger partial charge < -0.3 is 19.3 Å². The van der Waals surface area contributed by atoms with Crippen molar-refractivity contribution in [3.05, 3.63) is 53.6 Å². The highest BCUT2D eigenvalue weighted by atomic mass is 16.7. The number of aliphatic carboxylic acids is 1. The maximum absolute atomic E-state index is 11.6. The lowest BCUT2D eigenvalue weighted by Crippen LogP contribution is -2.12. The Morgan fingerprint density at radius 2 is 2.04 bits per heavy atom. The molecule has 3 rings (SSSR count). The Morgan fingerprint density at radius 3 is 2.83 bits per heavy atom. The van der Waals surface area contributed by atoms with Crippen molar-refractivity contribution in [3.8, 4) is 17.2 Å². The third-order valence-electron chi connectivity index (χ3n) is 3.95. The monoisotopic (exact) mass is 314 g/mol. The fourth-order valence-corrected chi connectivity index (χ4v) is 2.70. The highest BCUT2D eigenvalue weighted by Crippen LogP contribution is 2.33. The van der Waals surface area contributed by atoms with E-state index in [0.717, 1.165) is 22.6 Å². The fourth-order valence-electron chi connectivity index (χ4n) is 2.70. The molecule has 0 spiro atoms. The number of ether oxygens (including phenoxy) is 3. The molecule has 1 heterocycles. The van der Waals surface area contributed by atoms with Crippen LogP contribution in [0.4, 0.5) is 0 Å². The number of aryl methyl sites for hydroxylation is 1. The molecule has 1 aliphatic heterocycles. The van der Waals surface area contributed by atoms with Crippen LogP contribution in [0, 0.1) is 0 Å². The van der Waals surface area contributed by atoms with Gasteiger partial charge in [0.2, 0.25) is 6.79 Å². The minimum atomic E-state index is -0.834. The largest absolute Gasteiger partial charge is 0.497 e. The molecule has 0 bridgehead atoms. The summed E-state index contributed by atoms with van der Waals surface area (Å²) in [4.78, 5) is 11.6. The van der Waals surface area contributed by atoms with Crippen molar-refractivity contribution in [2.75, 3.05) is 13.9 Å². The minimum Gasteiger partial charge on any atom is -0.497 e. The van der Waals surface area contributed by atoms with E-state index in [1.54, 1.807) is 19.2 Å². The van der Waals surface area contributed by atoms with Crippen molar-refractivity contribution >= 4 is 5.97 Å². The molecule has 5 nitrogen and oxygen atoms in total. The second kappa shape index (κ2) is 6.60. The number of carbonyl (C=O) groups is 1. The van der Waals surface area contributed by atoms with Gasteiger partial charge in [0.1, 0.15) is 5.75 Å². The summed E-state index contributed by atoms with van der Waals surface area (Å²) >= 11 is 0. The maximum atomic E-state index is 11.6. The molecule has 0 radical (unpaired) electrons. The third kappa shape index (κ3) is 3.39. The van der Waals surface area contributed by atoms with E-state index >= 15 is 0 Å². The molecule has 1 aliphatic rings. The first-order valence-corrected chi connectivity index (χ1v) is 7.42. The van der Waals surface area contributed by atoms with Crippen LogP contribution in [0.15, 0.2) is 42.5 Å². The van der Waals surface area contributed by atoms with Gasteiger partial charge in [0.25, 0.3) is 0 Å². The molecule has 0 aliphatic carbocycles. The molecular weight excluding hydrogens is 296 g/mol. The zero-order chi connectivity index (χ0) is 16.2. The average Bonchev–Trinajstić information content (AvgIpc) is 3.02. The Morgan fingerprint density at radius 1 is 1.22 bits per heavy atom. The molecule has 0 saturated heterocycles. The Labute approximate surface area is 134 Å². The zero-order valence-electron chi connectivity index (χ0n) is 12.8. The first-order valence-electron chi connectivity index (χ1n) is 7.42. The summed E-state index contributed by atoms with van der Waals surface area (Å²) in [5.41, 5.74) is 1.78. The number of carboxylic acids is 1. The lowest BCUT2D eigenvalue weighted by molar-refractivity contribution is -0.138. The van der Waals surface area contributed by atoms with E-state index in [2.05, 4.69) is 0 Å². The van der Waals surface area contributed by atoms with Crippen molar-refractivity contribution in [2.24, 2.45) is 0 Å². The molecule has 1 atom stereocenters. The lowest BCUT2D eigenvalue weighted by Gasteiger charge is -2.14. The number of hydrogen-bond donors (Lipinski definition) is 1. The standard InChI is InChI=1S/C18H18O5/c1-21-14-4-2-3-13(10-14)15(18(19)20)7-5-12-6-8-16-17(9-12)23-11-22-16/h2-4,6,8-10,15H,5,7,11H2,1H3,(H,19,20). The van der Waals surface area contributed by atoms with Crippen molar-refractivity contribution in [1.29, 1.82) is 0 Å². The van der Waals surface area contributed by atoms with Gasteiger partial charge in [-0.1, -0.05) is 18.2 Å². The molecule has 5 heteroatoms. The van der Waals surface area contributed by atoms with Crippen LogP contribution in [0.2, 0.25) is 0 Å². The van der Waals surface area contributed by atoms with Gasteiger partial charge in [-0.2, -0.15) is 0 Å². The average molecular weight is 314 g/mol. The molecule has 0 fully saturated rings. The van der Waals surface area contributed by atoms with Crippen LogP contribution in [-0.2, 0) is 11.2 Å². The van der Waals surface area contributed by atoms with Crippen LogP contribution in [0.3, 0.4) is 0 Å². The second-order valence-corrected chi connectivity index (χ2v) is 5.39. The van der Waals surface area contributed by atoms with Crippen LogP contribution in [0.25, 0.3) is 0 Å².